The first-order chi connectivity index (χ1) is 11.3. The molecule has 0 saturated carbocycles. The average Bonchev–Trinajstić information content (AvgIpc) is 2.51. The Morgan fingerprint density at radius 3 is 2.42 bits per heavy atom. The van der Waals surface area contributed by atoms with Gasteiger partial charge < -0.3 is 0 Å². The normalized spacial score (nSPS) is 12.2. The standard InChI is InChI=1S/C17H20ClN3O2S/c1-12-3-8-16(11-13(12)2)24(22,23)21-17(19)20-10-9-14-4-6-15(18)7-5-14/h3-8,11H,9-10H2,1-2H3,(H3,19,20,21)/p+1. The highest BCUT2D eigenvalue weighted by atomic mass is 35.5. The molecule has 4 N–H and O–H groups in total. The summed E-state index contributed by atoms with van der Waals surface area (Å²) in [5.41, 5.74) is 8.77. The summed E-state index contributed by atoms with van der Waals surface area (Å²) in [6.07, 6.45) is 0.698. The molecule has 0 aliphatic carbocycles. The minimum Gasteiger partial charge on any atom is -0.290 e. The van der Waals surface area contributed by atoms with Gasteiger partial charge in [0.15, 0.2) is 0 Å². The maximum Gasteiger partial charge on any atom is 0.356 e. The van der Waals surface area contributed by atoms with Crippen molar-refractivity contribution in [2.45, 2.75) is 25.2 Å². The fourth-order valence-corrected chi connectivity index (χ4v) is 3.30. The number of nitrogens with one attached hydrogen (secondary N) is 2. The molecule has 0 fully saturated rings. The number of benzene rings is 2. The van der Waals surface area contributed by atoms with Crippen LogP contribution in [0.15, 0.2) is 47.4 Å². The number of rotatable bonds is 5. The predicted octanol–water partition coefficient (Wildman–Crippen LogP) is 0.873. The first kappa shape index (κ1) is 18.3. The SMILES string of the molecule is Cc1ccc(S(=O)(=O)NC(N)=[NH+]CCc2ccc(Cl)cc2)cc1C. The van der Waals surface area contributed by atoms with Crippen molar-refractivity contribution < 1.29 is 13.4 Å². The van der Waals surface area contributed by atoms with E-state index in [0.717, 1.165) is 16.7 Å². The molecule has 0 radical (unpaired) electrons. The van der Waals surface area contributed by atoms with Gasteiger partial charge in [0, 0.05) is 11.4 Å². The Morgan fingerprint density at radius 1 is 1.12 bits per heavy atom. The number of aryl methyl sites for hydroxylation is 2. The molecule has 0 unspecified atom stereocenters. The third-order valence-corrected chi connectivity index (χ3v) is 5.29. The number of halogens is 1. The van der Waals surface area contributed by atoms with Gasteiger partial charge in [-0.05, 0) is 54.8 Å². The second kappa shape index (κ2) is 7.68. The number of hydrogen-bond acceptors (Lipinski definition) is 2. The van der Waals surface area contributed by atoms with E-state index in [0.29, 0.717) is 18.0 Å². The molecule has 0 atom stereocenters. The molecule has 2 aromatic carbocycles. The summed E-state index contributed by atoms with van der Waals surface area (Å²) in [7, 11) is -3.69. The van der Waals surface area contributed by atoms with E-state index in [-0.39, 0.29) is 10.9 Å². The van der Waals surface area contributed by atoms with Crippen LogP contribution >= 0.6 is 11.6 Å². The Hall–Kier alpha value is -2.05. The van der Waals surface area contributed by atoms with Crippen LogP contribution in [0.25, 0.3) is 0 Å². The summed E-state index contributed by atoms with van der Waals surface area (Å²) < 4.78 is 27.0. The van der Waals surface area contributed by atoms with E-state index in [1.165, 1.54) is 0 Å². The van der Waals surface area contributed by atoms with Gasteiger partial charge in [-0.1, -0.05) is 29.8 Å². The molecule has 2 rings (SSSR count). The fraction of sp³-hybridized carbons (Fsp3) is 0.235. The smallest absolute Gasteiger partial charge is 0.290 e. The monoisotopic (exact) mass is 366 g/mol. The first-order valence-corrected chi connectivity index (χ1v) is 9.35. The molecule has 0 aliphatic heterocycles. The van der Waals surface area contributed by atoms with Crippen molar-refractivity contribution in [1.82, 2.24) is 4.72 Å². The quantitative estimate of drug-likeness (QED) is 0.542. The molecule has 7 heteroatoms. The van der Waals surface area contributed by atoms with Gasteiger partial charge in [0.25, 0.3) is 0 Å². The molecule has 0 spiro atoms. The molecule has 0 bridgehead atoms. The van der Waals surface area contributed by atoms with E-state index in [9.17, 15) is 8.42 Å². The van der Waals surface area contributed by atoms with Crippen LogP contribution in [-0.4, -0.2) is 20.9 Å². The van der Waals surface area contributed by atoms with E-state index in [1.807, 2.05) is 38.1 Å². The Kier molecular flexibility index (Phi) is 5.85. The lowest BCUT2D eigenvalue weighted by molar-refractivity contribution is -0.459. The van der Waals surface area contributed by atoms with Crippen LogP contribution in [0.4, 0.5) is 0 Å². The van der Waals surface area contributed by atoms with Crippen LogP contribution in [0.1, 0.15) is 16.7 Å². The predicted molar refractivity (Wildman–Crippen MR) is 96.4 cm³/mol. The highest BCUT2D eigenvalue weighted by Crippen LogP contribution is 2.14. The van der Waals surface area contributed by atoms with Gasteiger partial charge >= 0.3 is 16.0 Å². The average molecular weight is 367 g/mol. The Balaban J connectivity index is 2.00. The van der Waals surface area contributed by atoms with Crippen molar-refractivity contribution >= 4 is 27.6 Å². The van der Waals surface area contributed by atoms with Crippen molar-refractivity contribution in [3.8, 4) is 0 Å². The molecule has 0 heterocycles. The van der Waals surface area contributed by atoms with Crippen molar-refractivity contribution in [2.75, 3.05) is 6.54 Å². The Labute approximate surface area is 147 Å². The summed E-state index contributed by atoms with van der Waals surface area (Å²) in [5.74, 6) is 0.00203. The highest BCUT2D eigenvalue weighted by Gasteiger charge is 2.19. The summed E-state index contributed by atoms with van der Waals surface area (Å²) in [5, 5.41) is 0.680. The largest absolute Gasteiger partial charge is 0.356 e. The number of guanidine groups is 1. The molecule has 2 aromatic rings. The van der Waals surface area contributed by atoms with Crippen molar-refractivity contribution in [3.05, 3.63) is 64.2 Å². The molecular weight excluding hydrogens is 346 g/mol. The molecule has 0 saturated heterocycles. The molecule has 0 aromatic heterocycles. The summed E-state index contributed by atoms with van der Waals surface area (Å²) in [4.78, 5) is 3.06. The van der Waals surface area contributed by atoms with Crippen LogP contribution < -0.4 is 15.4 Å². The van der Waals surface area contributed by atoms with Gasteiger partial charge in [-0.3, -0.25) is 10.7 Å². The molecular formula is C17H21ClN3O2S+. The zero-order valence-electron chi connectivity index (χ0n) is 13.6. The zero-order chi connectivity index (χ0) is 17.7. The van der Waals surface area contributed by atoms with E-state index >= 15 is 0 Å². The van der Waals surface area contributed by atoms with Gasteiger partial charge in [0.1, 0.15) is 4.90 Å². The van der Waals surface area contributed by atoms with Gasteiger partial charge in [-0.25, -0.2) is 0 Å². The molecule has 0 amide bonds. The Bertz CT molecular complexity index is 847. The van der Waals surface area contributed by atoms with E-state index in [1.54, 1.807) is 18.2 Å². The van der Waals surface area contributed by atoms with Crippen molar-refractivity contribution in [1.29, 1.82) is 0 Å². The number of hydrogen-bond donors (Lipinski definition) is 3. The minimum atomic E-state index is -3.69. The third kappa shape index (κ3) is 4.97. The van der Waals surface area contributed by atoms with Crippen LogP contribution in [0.5, 0.6) is 0 Å². The lowest BCUT2D eigenvalue weighted by Gasteiger charge is -2.05. The molecule has 24 heavy (non-hydrogen) atoms. The Morgan fingerprint density at radius 2 is 1.79 bits per heavy atom. The topological polar surface area (TPSA) is 86.2 Å². The van der Waals surface area contributed by atoms with Crippen molar-refractivity contribution in [2.24, 2.45) is 5.73 Å². The fourth-order valence-electron chi connectivity index (χ4n) is 2.11. The second-order valence-corrected chi connectivity index (χ2v) is 7.69. The van der Waals surface area contributed by atoms with E-state index in [4.69, 9.17) is 17.3 Å². The molecule has 5 nitrogen and oxygen atoms in total. The van der Waals surface area contributed by atoms with Gasteiger partial charge in [-0.15, -0.1) is 0 Å². The number of nitrogens with two attached hydrogens (primary N) is 1. The van der Waals surface area contributed by atoms with Crippen LogP contribution in [0.3, 0.4) is 0 Å². The molecule has 0 aliphatic rings. The zero-order valence-corrected chi connectivity index (χ0v) is 15.2. The number of sulfonamides is 1. The summed E-state index contributed by atoms with van der Waals surface area (Å²) in [6, 6.07) is 12.4. The second-order valence-electron chi connectivity index (χ2n) is 5.57. The van der Waals surface area contributed by atoms with Gasteiger partial charge in [-0.2, -0.15) is 13.1 Å². The maximum absolute atomic E-state index is 12.3. The van der Waals surface area contributed by atoms with Crippen LogP contribution in [0.2, 0.25) is 5.02 Å². The lowest BCUT2D eigenvalue weighted by Crippen LogP contribution is -2.79. The van der Waals surface area contributed by atoms with E-state index < -0.39 is 10.0 Å². The first-order valence-electron chi connectivity index (χ1n) is 7.49. The van der Waals surface area contributed by atoms with E-state index in [2.05, 4.69) is 9.71 Å². The molecule has 128 valence electrons. The van der Waals surface area contributed by atoms with Crippen LogP contribution in [0, 0.1) is 13.8 Å². The van der Waals surface area contributed by atoms with Crippen LogP contribution in [-0.2, 0) is 16.4 Å². The lowest BCUT2D eigenvalue weighted by atomic mass is 10.1. The van der Waals surface area contributed by atoms with Gasteiger partial charge in [0.2, 0.25) is 0 Å². The van der Waals surface area contributed by atoms with Crippen molar-refractivity contribution in [3.63, 3.8) is 0 Å². The third-order valence-electron chi connectivity index (χ3n) is 3.68. The summed E-state index contributed by atoms with van der Waals surface area (Å²) in [6.45, 7) is 4.30. The highest BCUT2D eigenvalue weighted by molar-refractivity contribution is 7.90. The summed E-state index contributed by atoms with van der Waals surface area (Å²) >= 11 is 5.83. The minimum absolute atomic E-state index is 0.00203. The van der Waals surface area contributed by atoms with Gasteiger partial charge in [0.05, 0.1) is 6.54 Å². The maximum atomic E-state index is 12.3.